The van der Waals surface area contributed by atoms with E-state index >= 15 is 0 Å². The minimum atomic E-state index is 0.639. The lowest BCUT2D eigenvalue weighted by Crippen LogP contribution is -2.01. The third-order valence-electron chi connectivity index (χ3n) is 11.6. The maximum atomic E-state index is 5.13. The molecule has 0 fully saturated rings. The summed E-state index contributed by atoms with van der Waals surface area (Å²) in [6.07, 6.45) is 0. The SMILES string of the molecule is c1ccc(-c2nc(-c3ccccc3)nc(-c3ccc(-n4c5ccccc5c5c6c7c8ccccc8ccc7n(-c7ccccc7)c6ccc54)c4ccccc34)n2)cc1. The molecule has 0 unspecified atom stereocenters. The Morgan fingerprint density at radius 3 is 1.50 bits per heavy atom. The van der Waals surface area contributed by atoms with Crippen molar-refractivity contribution >= 4 is 65.2 Å². The number of fused-ring (bicyclic) bond motifs is 10. The van der Waals surface area contributed by atoms with Crippen LogP contribution in [0, 0.1) is 0 Å². The Bertz CT molecular complexity index is 3490. The van der Waals surface area contributed by atoms with E-state index in [1.165, 1.54) is 43.4 Å². The van der Waals surface area contributed by atoms with Gasteiger partial charge in [0, 0.05) is 49.3 Å². The van der Waals surface area contributed by atoms with Crippen molar-refractivity contribution in [1.29, 1.82) is 0 Å². The maximum Gasteiger partial charge on any atom is 0.164 e. The molecule has 3 heterocycles. The summed E-state index contributed by atoms with van der Waals surface area (Å²) in [5.41, 5.74) is 9.79. The van der Waals surface area contributed by atoms with Crippen LogP contribution in [-0.4, -0.2) is 24.1 Å². The van der Waals surface area contributed by atoms with Crippen molar-refractivity contribution in [2.45, 2.75) is 0 Å². The largest absolute Gasteiger partial charge is 0.309 e. The highest BCUT2D eigenvalue weighted by atomic mass is 15.0. The Labute approximate surface area is 333 Å². The second kappa shape index (κ2) is 12.8. The van der Waals surface area contributed by atoms with E-state index < -0.39 is 0 Å². The van der Waals surface area contributed by atoms with E-state index in [0.29, 0.717) is 17.5 Å². The molecular formula is C53H33N5. The smallest absolute Gasteiger partial charge is 0.164 e. The summed E-state index contributed by atoms with van der Waals surface area (Å²) in [5, 5.41) is 9.66. The second-order valence-corrected chi connectivity index (χ2v) is 14.8. The molecule has 9 aromatic carbocycles. The minimum Gasteiger partial charge on any atom is -0.309 e. The van der Waals surface area contributed by atoms with Crippen molar-refractivity contribution in [3.05, 3.63) is 200 Å². The third-order valence-corrected chi connectivity index (χ3v) is 11.6. The molecule has 0 saturated carbocycles. The van der Waals surface area contributed by atoms with Crippen LogP contribution in [0.3, 0.4) is 0 Å². The molecule has 0 aliphatic heterocycles. The van der Waals surface area contributed by atoms with Crippen molar-refractivity contribution in [2.24, 2.45) is 0 Å². The molecule has 0 N–H and O–H groups in total. The van der Waals surface area contributed by atoms with Gasteiger partial charge in [-0.05, 0) is 64.7 Å². The van der Waals surface area contributed by atoms with Gasteiger partial charge in [-0.1, -0.05) is 152 Å². The molecule has 0 aliphatic carbocycles. The summed E-state index contributed by atoms with van der Waals surface area (Å²) < 4.78 is 4.88. The topological polar surface area (TPSA) is 48.5 Å². The van der Waals surface area contributed by atoms with Crippen LogP contribution in [-0.2, 0) is 0 Å². The van der Waals surface area contributed by atoms with Gasteiger partial charge in [-0.25, -0.2) is 15.0 Å². The lowest BCUT2D eigenvalue weighted by molar-refractivity contribution is 1.08. The first-order valence-corrected chi connectivity index (χ1v) is 19.6. The maximum absolute atomic E-state index is 5.13. The molecule has 58 heavy (non-hydrogen) atoms. The van der Waals surface area contributed by atoms with Gasteiger partial charge in [-0.3, -0.25) is 0 Å². The number of benzene rings is 9. The average Bonchev–Trinajstić information content (AvgIpc) is 3.82. The monoisotopic (exact) mass is 739 g/mol. The zero-order chi connectivity index (χ0) is 38.2. The van der Waals surface area contributed by atoms with Crippen molar-refractivity contribution in [3.8, 4) is 45.5 Å². The molecule has 270 valence electrons. The van der Waals surface area contributed by atoms with Crippen LogP contribution in [0.15, 0.2) is 200 Å². The van der Waals surface area contributed by atoms with Gasteiger partial charge in [0.1, 0.15) is 0 Å². The number of aromatic nitrogens is 5. The van der Waals surface area contributed by atoms with Crippen LogP contribution in [0.1, 0.15) is 0 Å². The van der Waals surface area contributed by atoms with Crippen molar-refractivity contribution < 1.29 is 0 Å². The van der Waals surface area contributed by atoms with Gasteiger partial charge in [0.05, 0.1) is 27.8 Å². The van der Waals surface area contributed by atoms with Gasteiger partial charge in [0.2, 0.25) is 0 Å². The molecule has 0 amide bonds. The number of hydrogen-bond donors (Lipinski definition) is 0. The quantitative estimate of drug-likeness (QED) is 0.177. The number of nitrogens with zero attached hydrogens (tertiary/aromatic N) is 5. The van der Waals surface area contributed by atoms with Crippen LogP contribution in [0.25, 0.3) is 111 Å². The lowest BCUT2D eigenvalue weighted by Gasteiger charge is -2.15. The first-order chi connectivity index (χ1) is 28.8. The molecule has 12 aromatic rings. The number of para-hydroxylation sites is 2. The van der Waals surface area contributed by atoms with Crippen LogP contribution < -0.4 is 0 Å². The summed E-state index contributed by atoms with van der Waals surface area (Å²) in [6, 6.07) is 70.9. The zero-order valence-electron chi connectivity index (χ0n) is 31.3. The Balaban J connectivity index is 1.15. The molecule has 5 nitrogen and oxygen atoms in total. The average molecular weight is 740 g/mol. The van der Waals surface area contributed by atoms with Crippen molar-refractivity contribution in [3.63, 3.8) is 0 Å². The van der Waals surface area contributed by atoms with Gasteiger partial charge < -0.3 is 9.13 Å². The van der Waals surface area contributed by atoms with Crippen LogP contribution in [0.4, 0.5) is 0 Å². The lowest BCUT2D eigenvalue weighted by atomic mass is 10.0. The normalized spacial score (nSPS) is 11.8. The van der Waals surface area contributed by atoms with Crippen molar-refractivity contribution in [2.75, 3.05) is 0 Å². The predicted octanol–water partition coefficient (Wildman–Crippen LogP) is 13.4. The molecule has 0 spiro atoms. The van der Waals surface area contributed by atoms with Crippen LogP contribution in [0.2, 0.25) is 0 Å². The minimum absolute atomic E-state index is 0.639. The summed E-state index contributed by atoms with van der Waals surface area (Å²) in [7, 11) is 0. The van der Waals surface area contributed by atoms with E-state index in [9.17, 15) is 0 Å². The van der Waals surface area contributed by atoms with Gasteiger partial charge in [0.15, 0.2) is 17.5 Å². The fourth-order valence-corrected chi connectivity index (χ4v) is 9.04. The van der Waals surface area contributed by atoms with E-state index in [2.05, 4.69) is 149 Å². The standard InChI is InChI=1S/C53H33N5/c1-4-17-35(18-5-1)51-54-52(36-19-6-2-7-20-36)56-53(55-51)41-29-31-44(40-25-13-12-24-39(40)41)58-43-27-15-14-26-42(43)49-46(58)32-33-47-50(49)48-38-23-11-10-16-34(38)28-30-45(48)57(47)37-21-8-3-9-22-37/h1-33H. The molecule has 0 bridgehead atoms. The summed E-state index contributed by atoms with van der Waals surface area (Å²) in [5.74, 6) is 1.93. The fraction of sp³-hybridized carbons (Fsp3) is 0. The van der Waals surface area contributed by atoms with E-state index in [-0.39, 0.29) is 0 Å². The Hall–Kier alpha value is -7.89. The second-order valence-electron chi connectivity index (χ2n) is 14.8. The van der Waals surface area contributed by atoms with Gasteiger partial charge in [-0.2, -0.15) is 0 Å². The summed E-state index contributed by atoms with van der Waals surface area (Å²) >= 11 is 0. The van der Waals surface area contributed by atoms with Gasteiger partial charge in [-0.15, -0.1) is 0 Å². The Morgan fingerprint density at radius 2 is 0.793 bits per heavy atom. The third kappa shape index (κ3) is 4.87. The molecule has 0 radical (unpaired) electrons. The Morgan fingerprint density at radius 1 is 0.293 bits per heavy atom. The number of rotatable bonds is 5. The first-order valence-electron chi connectivity index (χ1n) is 19.6. The van der Waals surface area contributed by atoms with Crippen LogP contribution >= 0.6 is 0 Å². The molecule has 12 rings (SSSR count). The predicted molar refractivity (Wildman–Crippen MR) is 240 cm³/mol. The molecule has 0 saturated heterocycles. The van der Waals surface area contributed by atoms with Crippen molar-refractivity contribution in [1.82, 2.24) is 24.1 Å². The van der Waals surface area contributed by atoms with E-state index in [1.807, 2.05) is 60.7 Å². The van der Waals surface area contributed by atoms with Crippen LogP contribution in [0.5, 0.6) is 0 Å². The van der Waals surface area contributed by atoms with E-state index in [1.54, 1.807) is 0 Å². The molecule has 3 aromatic heterocycles. The molecular weight excluding hydrogens is 707 g/mol. The molecule has 0 aliphatic rings. The first kappa shape index (κ1) is 32.4. The molecule has 0 atom stereocenters. The summed E-state index contributed by atoms with van der Waals surface area (Å²) in [4.78, 5) is 15.2. The summed E-state index contributed by atoms with van der Waals surface area (Å²) in [6.45, 7) is 0. The van der Waals surface area contributed by atoms with E-state index in [0.717, 1.165) is 49.9 Å². The van der Waals surface area contributed by atoms with E-state index in [4.69, 9.17) is 15.0 Å². The highest BCUT2D eigenvalue weighted by molar-refractivity contribution is 6.33. The zero-order valence-corrected chi connectivity index (χ0v) is 31.3. The van der Waals surface area contributed by atoms with Gasteiger partial charge >= 0.3 is 0 Å². The number of hydrogen-bond acceptors (Lipinski definition) is 3. The highest BCUT2D eigenvalue weighted by Gasteiger charge is 2.23. The Kier molecular flexibility index (Phi) is 7.16. The fourth-order valence-electron chi connectivity index (χ4n) is 9.04. The highest BCUT2D eigenvalue weighted by Crippen LogP contribution is 2.45. The molecule has 5 heteroatoms. The van der Waals surface area contributed by atoms with Gasteiger partial charge in [0.25, 0.3) is 0 Å².